The predicted octanol–water partition coefficient (Wildman–Crippen LogP) is 3.40. The lowest BCUT2D eigenvalue weighted by atomic mass is 9.86. The van der Waals surface area contributed by atoms with Crippen LogP contribution in [-0.2, 0) is 4.79 Å². The summed E-state index contributed by atoms with van der Waals surface area (Å²) in [6, 6.07) is 21.2. The van der Waals surface area contributed by atoms with E-state index < -0.39 is 0 Å². The minimum Gasteiger partial charge on any atom is -0.342 e. The molecule has 0 bridgehead atoms. The van der Waals surface area contributed by atoms with Gasteiger partial charge in [0.05, 0.1) is 5.92 Å². The highest BCUT2D eigenvalue weighted by atomic mass is 16.2. The topological polar surface area (TPSA) is 32.3 Å². The third kappa shape index (κ3) is 3.47. The average Bonchev–Trinajstić information content (AvgIpc) is 3.19. The van der Waals surface area contributed by atoms with Gasteiger partial charge >= 0.3 is 0 Å². The van der Waals surface area contributed by atoms with Crippen LogP contribution >= 0.6 is 0 Å². The molecule has 0 unspecified atom stereocenters. The normalized spacial score (nSPS) is 24.4. The van der Waals surface area contributed by atoms with Gasteiger partial charge in [0.2, 0.25) is 5.91 Å². The zero-order valence-corrected chi connectivity index (χ0v) is 14.6. The number of carbonyl (C=O) groups excluding carboxylic acids is 1. The van der Waals surface area contributed by atoms with Gasteiger partial charge in [0.25, 0.3) is 0 Å². The van der Waals surface area contributed by atoms with Crippen LogP contribution in [-0.4, -0.2) is 37.0 Å². The van der Waals surface area contributed by atoms with Crippen LogP contribution in [0.1, 0.15) is 35.8 Å². The Morgan fingerprint density at radius 1 is 0.840 bits per heavy atom. The van der Waals surface area contributed by atoms with E-state index >= 15 is 0 Å². The third-order valence-corrected chi connectivity index (χ3v) is 5.84. The van der Waals surface area contributed by atoms with Crippen molar-refractivity contribution in [1.82, 2.24) is 10.2 Å². The van der Waals surface area contributed by atoms with Crippen LogP contribution in [0.3, 0.4) is 0 Å². The Morgan fingerprint density at radius 2 is 1.44 bits per heavy atom. The fourth-order valence-electron chi connectivity index (χ4n) is 4.38. The number of benzene rings is 2. The molecule has 0 aliphatic carbocycles. The van der Waals surface area contributed by atoms with Crippen LogP contribution in [0.15, 0.2) is 60.7 Å². The SMILES string of the molecule is O=C([C@@H]1CNC[C@H]1c1ccccc1)N1CCC(c2ccccc2)CC1. The number of hydrogen-bond donors (Lipinski definition) is 1. The third-order valence-electron chi connectivity index (χ3n) is 5.84. The van der Waals surface area contributed by atoms with Crippen molar-refractivity contribution in [2.24, 2.45) is 5.92 Å². The molecule has 2 atom stereocenters. The van der Waals surface area contributed by atoms with E-state index in [0.717, 1.165) is 39.0 Å². The minimum atomic E-state index is 0.0793. The van der Waals surface area contributed by atoms with Gasteiger partial charge < -0.3 is 10.2 Å². The molecule has 0 spiro atoms. The number of piperidine rings is 1. The molecule has 2 aromatic carbocycles. The maximum atomic E-state index is 13.1. The first-order valence-electron chi connectivity index (χ1n) is 9.42. The average molecular weight is 334 g/mol. The summed E-state index contributed by atoms with van der Waals surface area (Å²) in [6.07, 6.45) is 2.15. The molecule has 2 aromatic rings. The van der Waals surface area contributed by atoms with E-state index in [4.69, 9.17) is 0 Å². The molecule has 0 aromatic heterocycles. The summed E-state index contributed by atoms with van der Waals surface area (Å²) >= 11 is 0. The molecule has 2 aliphatic rings. The summed E-state index contributed by atoms with van der Waals surface area (Å²) in [6.45, 7) is 3.48. The standard InChI is InChI=1S/C22H26N2O/c25-22(21-16-23-15-20(21)19-9-5-2-6-10-19)24-13-11-18(12-14-24)17-7-3-1-4-8-17/h1-10,18,20-21,23H,11-16H2/t20-,21+/m0/s1. The van der Waals surface area contributed by atoms with Gasteiger partial charge in [-0.1, -0.05) is 60.7 Å². The van der Waals surface area contributed by atoms with Crippen molar-refractivity contribution in [2.45, 2.75) is 24.7 Å². The van der Waals surface area contributed by atoms with E-state index in [0.29, 0.717) is 17.7 Å². The summed E-state index contributed by atoms with van der Waals surface area (Å²) in [5, 5.41) is 3.43. The van der Waals surface area contributed by atoms with E-state index in [1.807, 2.05) is 6.07 Å². The van der Waals surface area contributed by atoms with Gasteiger partial charge in [-0.15, -0.1) is 0 Å². The van der Waals surface area contributed by atoms with Crippen LogP contribution in [0, 0.1) is 5.92 Å². The molecule has 2 heterocycles. The van der Waals surface area contributed by atoms with Crippen molar-refractivity contribution in [2.75, 3.05) is 26.2 Å². The minimum absolute atomic E-state index is 0.0793. The first-order chi connectivity index (χ1) is 12.3. The molecule has 1 amide bonds. The lowest BCUT2D eigenvalue weighted by Gasteiger charge is -2.34. The van der Waals surface area contributed by atoms with Crippen LogP contribution in [0.4, 0.5) is 0 Å². The second kappa shape index (κ2) is 7.40. The van der Waals surface area contributed by atoms with Crippen molar-refractivity contribution in [3.05, 3.63) is 71.8 Å². The maximum Gasteiger partial charge on any atom is 0.227 e. The number of nitrogens with one attached hydrogen (secondary N) is 1. The number of carbonyl (C=O) groups is 1. The Balaban J connectivity index is 1.40. The van der Waals surface area contributed by atoms with E-state index in [1.54, 1.807) is 0 Å². The first-order valence-corrected chi connectivity index (χ1v) is 9.42. The lowest BCUT2D eigenvalue weighted by molar-refractivity contribution is -0.136. The molecule has 0 radical (unpaired) electrons. The number of hydrogen-bond acceptors (Lipinski definition) is 2. The molecule has 2 aliphatic heterocycles. The zero-order valence-electron chi connectivity index (χ0n) is 14.6. The van der Waals surface area contributed by atoms with E-state index in [1.165, 1.54) is 11.1 Å². The molecule has 3 nitrogen and oxygen atoms in total. The van der Waals surface area contributed by atoms with Gasteiger partial charge in [0.15, 0.2) is 0 Å². The highest BCUT2D eigenvalue weighted by Gasteiger charge is 2.37. The van der Waals surface area contributed by atoms with Crippen molar-refractivity contribution >= 4 is 5.91 Å². The fraction of sp³-hybridized carbons (Fsp3) is 0.409. The van der Waals surface area contributed by atoms with Crippen molar-refractivity contribution in [1.29, 1.82) is 0 Å². The number of nitrogens with zero attached hydrogens (tertiary/aromatic N) is 1. The predicted molar refractivity (Wildman–Crippen MR) is 101 cm³/mol. The summed E-state index contributed by atoms with van der Waals surface area (Å²) in [4.78, 5) is 15.2. The lowest BCUT2D eigenvalue weighted by Crippen LogP contribution is -2.43. The molecule has 2 saturated heterocycles. The Labute approximate surface area is 150 Å². The smallest absolute Gasteiger partial charge is 0.227 e. The van der Waals surface area contributed by atoms with Gasteiger partial charge in [0, 0.05) is 32.1 Å². The summed E-state index contributed by atoms with van der Waals surface area (Å²) in [5.41, 5.74) is 2.70. The largest absolute Gasteiger partial charge is 0.342 e. The molecule has 3 heteroatoms. The molecule has 0 saturated carbocycles. The molecule has 130 valence electrons. The van der Waals surface area contributed by atoms with Gasteiger partial charge in [-0.2, -0.15) is 0 Å². The van der Waals surface area contributed by atoms with Gasteiger partial charge in [0.1, 0.15) is 0 Å². The molecule has 25 heavy (non-hydrogen) atoms. The maximum absolute atomic E-state index is 13.1. The Hall–Kier alpha value is -2.13. The first kappa shape index (κ1) is 16.3. The van der Waals surface area contributed by atoms with Crippen LogP contribution in [0.25, 0.3) is 0 Å². The highest BCUT2D eigenvalue weighted by Crippen LogP contribution is 2.32. The highest BCUT2D eigenvalue weighted by molar-refractivity contribution is 5.80. The molecule has 4 rings (SSSR count). The molecular formula is C22H26N2O. The van der Waals surface area contributed by atoms with Gasteiger partial charge in [-0.05, 0) is 29.9 Å². The van der Waals surface area contributed by atoms with E-state index in [-0.39, 0.29) is 5.92 Å². The van der Waals surface area contributed by atoms with Crippen LogP contribution in [0.5, 0.6) is 0 Å². The monoisotopic (exact) mass is 334 g/mol. The second-order valence-corrected chi connectivity index (χ2v) is 7.29. The Kier molecular flexibility index (Phi) is 4.84. The molecule has 2 fully saturated rings. The number of likely N-dealkylation sites (tertiary alicyclic amines) is 1. The van der Waals surface area contributed by atoms with Crippen molar-refractivity contribution in [3.63, 3.8) is 0 Å². The van der Waals surface area contributed by atoms with Crippen LogP contribution < -0.4 is 5.32 Å². The van der Waals surface area contributed by atoms with Gasteiger partial charge in [-0.3, -0.25) is 4.79 Å². The quantitative estimate of drug-likeness (QED) is 0.933. The summed E-state index contributed by atoms with van der Waals surface area (Å²) in [5.74, 6) is 1.32. The number of rotatable bonds is 3. The number of amides is 1. The zero-order chi connectivity index (χ0) is 17.1. The summed E-state index contributed by atoms with van der Waals surface area (Å²) in [7, 11) is 0. The molecule has 1 N–H and O–H groups in total. The van der Waals surface area contributed by atoms with Gasteiger partial charge in [-0.25, -0.2) is 0 Å². The summed E-state index contributed by atoms with van der Waals surface area (Å²) < 4.78 is 0. The Morgan fingerprint density at radius 3 is 2.08 bits per heavy atom. The van der Waals surface area contributed by atoms with Crippen LogP contribution in [0.2, 0.25) is 0 Å². The second-order valence-electron chi connectivity index (χ2n) is 7.29. The van der Waals surface area contributed by atoms with E-state index in [2.05, 4.69) is 64.8 Å². The van der Waals surface area contributed by atoms with Crippen molar-refractivity contribution in [3.8, 4) is 0 Å². The van der Waals surface area contributed by atoms with E-state index in [9.17, 15) is 4.79 Å². The fourth-order valence-corrected chi connectivity index (χ4v) is 4.38. The molecular weight excluding hydrogens is 308 g/mol. The Bertz CT molecular complexity index is 692. The van der Waals surface area contributed by atoms with Crippen molar-refractivity contribution < 1.29 is 4.79 Å².